The average Bonchev–Trinajstić information content (AvgIpc) is 3.26. The van der Waals surface area contributed by atoms with E-state index in [0.717, 1.165) is 48.3 Å². The summed E-state index contributed by atoms with van der Waals surface area (Å²) in [4.78, 5) is 28.3. The molecule has 1 aromatic carbocycles. The Balaban J connectivity index is 1.54. The zero-order chi connectivity index (χ0) is 21.2. The van der Waals surface area contributed by atoms with Crippen LogP contribution in [0.2, 0.25) is 0 Å². The van der Waals surface area contributed by atoms with Crippen molar-refractivity contribution in [1.82, 2.24) is 5.32 Å². The number of rotatable bonds is 4. The van der Waals surface area contributed by atoms with Crippen LogP contribution in [0.15, 0.2) is 58.3 Å². The van der Waals surface area contributed by atoms with Crippen molar-refractivity contribution in [3.63, 3.8) is 0 Å². The summed E-state index contributed by atoms with van der Waals surface area (Å²) >= 11 is 0. The number of nitrogens with zero attached hydrogens (tertiary/aromatic N) is 1. The van der Waals surface area contributed by atoms with Gasteiger partial charge in [0, 0.05) is 23.7 Å². The summed E-state index contributed by atoms with van der Waals surface area (Å²) < 4.78 is 5.82. The van der Waals surface area contributed by atoms with Crippen LogP contribution < -0.4 is 15.5 Å². The topological polar surface area (TPSA) is 74.6 Å². The van der Waals surface area contributed by atoms with E-state index in [0.29, 0.717) is 12.2 Å². The number of fused-ring (bicyclic) bond motifs is 1. The lowest BCUT2D eigenvalue weighted by atomic mass is 9.88. The Morgan fingerprint density at radius 1 is 1.06 bits per heavy atom. The van der Waals surface area contributed by atoms with E-state index in [2.05, 4.69) is 10.6 Å². The standard InChI is InChI=1S/C25H29N3O3/c29-21-13-6-11-19-24(21)25(22-14-7-15-31-22)28(20-12-5-4-10-18(20)27-19)16-23(30)26-17-8-2-1-3-9-17/h4-5,7,10,12,14-15,17,25,27H,1-3,6,8-9,11,13,16H2,(H,26,30)/t25-/m1/s1. The minimum atomic E-state index is -0.425. The number of hydrogen-bond acceptors (Lipinski definition) is 5. The van der Waals surface area contributed by atoms with Gasteiger partial charge in [0.2, 0.25) is 5.91 Å². The van der Waals surface area contributed by atoms with Crippen molar-refractivity contribution in [3.8, 4) is 0 Å². The van der Waals surface area contributed by atoms with Gasteiger partial charge in [-0.3, -0.25) is 9.59 Å². The summed E-state index contributed by atoms with van der Waals surface area (Å²) in [7, 11) is 0. The fourth-order valence-corrected chi connectivity index (χ4v) is 5.19. The molecular weight excluding hydrogens is 390 g/mol. The van der Waals surface area contributed by atoms with Crippen LogP contribution in [0, 0.1) is 0 Å². The number of para-hydroxylation sites is 2. The van der Waals surface area contributed by atoms with Crippen molar-refractivity contribution in [2.24, 2.45) is 0 Å². The molecule has 5 rings (SSSR count). The lowest BCUT2D eigenvalue weighted by Gasteiger charge is -2.34. The highest BCUT2D eigenvalue weighted by molar-refractivity contribution is 6.01. The van der Waals surface area contributed by atoms with E-state index >= 15 is 0 Å². The van der Waals surface area contributed by atoms with Crippen molar-refractivity contribution in [3.05, 3.63) is 59.7 Å². The SMILES string of the molecule is O=C(CN1c2ccccc2NC2=C(C(=O)CCC2)[C@H]1c1ccco1)NC1CCCCC1. The molecule has 1 saturated carbocycles. The molecule has 2 heterocycles. The quantitative estimate of drug-likeness (QED) is 0.751. The number of carbonyl (C=O) groups is 2. The van der Waals surface area contributed by atoms with Crippen LogP contribution >= 0.6 is 0 Å². The van der Waals surface area contributed by atoms with Crippen LogP contribution in [0.25, 0.3) is 0 Å². The molecule has 1 amide bonds. The lowest BCUT2D eigenvalue weighted by Crippen LogP contribution is -2.44. The molecule has 2 aromatic rings. The first-order valence-electron chi connectivity index (χ1n) is 11.4. The first-order valence-corrected chi connectivity index (χ1v) is 11.4. The van der Waals surface area contributed by atoms with Crippen molar-refractivity contribution < 1.29 is 14.0 Å². The maximum absolute atomic E-state index is 13.2. The first kappa shape index (κ1) is 19.9. The van der Waals surface area contributed by atoms with E-state index in [1.54, 1.807) is 6.26 Å². The summed E-state index contributed by atoms with van der Waals surface area (Å²) in [5.74, 6) is 0.804. The molecule has 0 radical (unpaired) electrons. The molecule has 31 heavy (non-hydrogen) atoms. The number of allylic oxidation sites excluding steroid dienone is 1. The second-order valence-corrected chi connectivity index (χ2v) is 8.76. The molecule has 6 nitrogen and oxygen atoms in total. The highest BCUT2D eigenvalue weighted by atomic mass is 16.3. The number of ketones is 1. The number of amides is 1. The van der Waals surface area contributed by atoms with Gasteiger partial charge in [-0.1, -0.05) is 31.4 Å². The molecule has 1 fully saturated rings. The van der Waals surface area contributed by atoms with Gasteiger partial charge < -0.3 is 20.0 Å². The maximum atomic E-state index is 13.2. The average molecular weight is 420 g/mol. The Hall–Kier alpha value is -3.02. The van der Waals surface area contributed by atoms with Crippen LogP contribution in [0.1, 0.15) is 63.2 Å². The smallest absolute Gasteiger partial charge is 0.239 e. The Morgan fingerprint density at radius 2 is 1.90 bits per heavy atom. The summed E-state index contributed by atoms with van der Waals surface area (Å²) in [6, 6.07) is 11.5. The summed E-state index contributed by atoms with van der Waals surface area (Å²) in [5, 5.41) is 6.75. The minimum absolute atomic E-state index is 0.00873. The fraction of sp³-hybridized carbons (Fsp3) is 0.440. The Kier molecular flexibility index (Phi) is 5.53. The van der Waals surface area contributed by atoms with Gasteiger partial charge in [-0.05, 0) is 49.9 Å². The largest absolute Gasteiger partial charge is 0.467 e. The van der Waals surface area contributed by atoms with Gasteiger partial charge in [-0.15, -0.1) is 0 Å². The number of carbonyl (C=O) groups excluding carboxylic acids is 2. The second-order valence-electron chi connectivity index (χ2n) is 8.76. The van der Waals surface area contributed by atoms with Crippen LogP contribution in [-0.2, 0) is 9.59 Å². The number of Topliss-reactive ketones (excluding diaryl/α,β-unsaturated/α-hetero) is 1. The van der Waals surface area contributed by atoms with Crippen LogP contribution in [0.3, 0.4) is 0 Å². The third-order valence-electron chi connectivity index (χ3n) is 6.64. The number of furan rings is 1. The van der Waals surface area contributed by atoms with E-state index in [1.165, 1.54) is 19.3 Å². The first-order chi connectivity index (χ1) is 15.2. The fourth-order valence-electron chi connectivity index (χ4n) is 5.19. The summed E-state index contributed by atoms with van der Waals surface area (Å²) in [5.41, 5.74) is 3.50. The minimum Gasteiger partial charge on any atom is -0.467 e. The van der Waals surface area contributed by atoms with Gasteiger partial charge in [0.25, 0.3) is 0 Å². The molecule has 2 aliphatic carbocycles. The van der Waals surface area contributed by atoms with Crippen LogP contribution in [0.4, 0.5) is 11.4 Å². The molecule has 0 unspecified atom stereocenters. The molecule has 1 aromatic heterocycles. The molecule has 1 atom stereocenters. The van der Waals surface area contributed by atoms with E-state index in [4.69, 9.17) is 4.42 Å². The normalized spacial score (nSPS) is 21.7. The Morgan fingerprint density at radius 3 is 2.71 bits per heavy atom. The molecule has 0 saturated heterocycles. The van der Waals surface area contributed by atoms with Gasteiger partial charge in [-0.25, -0.2) is 0 Å². The lowest BCUT2D eigenvalue weighted by molar-refractivity contribution is -0.121. The number of nitrogens with one attached hydrogen (secondary N) is 2. The van der Waals surface area contributed by atoms with Gasteiger partial charge in [0.15, 0.2) is 5.78 Å². The Bertz CT molecular complexity index is 989. The highest BCUT2D eigenvalue weighted by Crippen LogP contribution is 2.44. The van der Waals surface area contributed by atoms with Gasteiger partial charge >= 0.3 is 0 Å². The van der Waals surface area contributed by atoms with E-state index in [1.807, 2.05) is 41.3 Å². The van der Waals surface area contributed by atoms with Crippen molar-refractivity contribution >= 4 is 23.1 Å². The van der Waals surface area contributed by atoms with E-state index in [-0.39, 0.29) is 24.3 Å². The van der Waals surface area contributed by atoms with Crippen molar-refractivity contribution in [2.45, 2.75) is 63.5 Å². The molecular formula is C25H29N3O3. The molecule has 0 spiro atoms. The van der Waals surface area contributed by atoms with E-state index < -0.39 is 6.04 Å². The Labute approximate surface area is 182 Å². The molecule has 162 valence electrons. The molecule has 0 bridgehead atoms. The van der Waals surface area contributed by atoms with Gasteiger partial charge in [0.1, 0.15) is 11.8 Å². The molecule has 1 aliphatic heterocycles. The van der Waals surface area contributed by atoms with Crippen LogP contribution in [0.5, 0.6) is 0 Å². The van der Waals surface area contributed by atoms with E-state index in [9.17, 15) is 9.59 Å². The third kappa shape index (κ3) is 3.99. The predicted molar refractivity (Wildman–Crippen MR) is 120 cm³/mol. The highest BCUT2D eigenvalue weighted by Gasteiger charge is 2.39. The molecule has 6 heteroatoms. The maximum Gasteiger partial charge on any atom is 0.239 e. The number of anilines is 2. The number of benzene rings is 1. The second kappa shape index (κ2) is 8.61. The number of hydrogen-bond donors (Lipinski definition) is 2. The van der Waals surface area contributed by atoms with Crippen molar-refractivity contribution in [2.75, 3.05) is 16.8 Å². The molecule has 2 N–H and O–H groups in total. The third-order valence-corrected chi connectivity index (χ3v) is 6.64. The summed E-state index contributed by atoms with van der Waals surface area (Å²) in [6.45, 7) is 0.171. The zero-order valence-corrected chi connectivity index (χ0v) is 17.7. The van der Waals surface area contributed by atoms with Gasteiger partial charge in [-0.2, -0.15) is 0 Å². The predicted octanol–water partition coefficient (Wildman–Crippen LogP) is 4.71. The van der Waals surface area contributed by atoms with Crippen molar-refractivity contribution in [1.29, 1.82) is 0 Å². The summed E-state index contributed by atoms with van der Waals surface area (Å²) in [6.07, 6.45) is 9.47. The molecule has 3 aliphatic rings. The monoisotopic (exact) mass is 419 g/mol. The van der Waals surface area contributed by atoms with Gasteiger partial charge in [0.05, 0.1) is 24.2 Å². The van der Waals surface area contributed by atoms with Crippen LogP contribution in [-0.4, -0.2) is 24.3 Å². The zero-order valence-electron chi connectivity index (χ0n) is 17.7.